The van der Waals surface area contributed by atoms with Crippen LogP contribution in [0.15, 0.2) is 29.6 Å². The maximum absolute atomic E-state index is 4.79. The predicted molar refractivity (Wildman–Crippen MR) is 95.4 cm³/mol. The number of aromatic nitrogens is 1. The first-order chi connectivity index (χ1) is 10.7. The number of hydrogen-bond donors (Lipinski definition) is 1. The molecule has 2 nitrogen and oxygen atoms in total. The van der Waals surface area contributed by atoms with Crippen molar-refractivity contribution >= 4 is 11.3 Å². The van der Waals surface area contributed by atoms with Crippen LogP contribution in [0.1, 0.15) is 43.2 Å². The topological polar surface area (TPSA) is 24.9 Å². The van der Waals surface area contributed by atoms with Gasteiger partial charge in [0.05, 0.1) is 10.7 Å². The molecule has 0 aliphatic heterocycles. The molecule has 1 saturated carbocycles. The molecule has 1 heterocycles. The second-order valence-corrected chi connectivity index (χ2v) is 7.51. The number of aryl methyl sites for hydroxylation is 1. The zero-order valence-corrected chi connectivity index (χ0v) is 14.5. The second kappa shape index (κ2) is 7.38. The second-order valence-electron chi connectivity index (χ2n) is 6.56. The van der Waals surface area contributed by atoms with E-state index in [0.717, 1.165) is 24.6 Å². The summed E-state index contributed by atoms with van der Waals surface area (Å²) in [5.41, 5.74) is 3.64. The average molecular weight is 314 g/mol. The van der Waals surface area contributed by atoms with Crippen LogP contribution in [0.25, 0.3) is 11.3 Å². The highest BCUT2D eigenvalue weighted by molar-refractivity contribution is 7.09. The Morgan fingerprint density at radius 1 is 1.18 bits per heavy atom. The molecule has 22 heavy (non-hydrogen) atoms. The SMILES string of the molecule is Cc1ccc(-c2csc(CCNC3CCCCC3C)n2)cc1. The first-order valence-electron chi connectivity index (χ1n) is 8.47. The summed E-state index contributed by atoms with van der Waals surface area (Å²) in [4.78, 5) is 4.79. The fourth-order valence-corrected chi connectivity index (χ4v) is 4.07. The molecule has 1 aliphatic carbocycles. The Morgan fingerprint density at radius 2 is 1.95 bits per heavy atom. The van der Waals surface area contributed by atoms with Gasteiger partial charge in [-0.2, -0.15) is 0 Å². The number of rotatable bonds is 5. The van der Waals surface area contributed by atoms with E-state index in [1.165, 1.54) is 41.8 Å². The lowest BCUT2D eigenvalue weighted by Gasteiger charge is -2.29. The van der Waals surface area contributed by atoms with Gasteiger partial charge in [0, 0.05) is 30.0 Å². The molecule has 2 atom stereocenters. The summed E-state index contributed by atoms with van der Waals surface area (Å²) in [6, 6.07) is 9.35. The van der Waals surface area contributed by atoms with E-state index in [-0.39, 0.29) is 0 Å². The molecule has 2 aromatic rings. The minimum absolute atomic E-state index is 0.713. The maximum Gasteiger partial charge on any atom is 0.0945 e. The normalized spacial score (nSPS) is 21.9. The van der Waals surface area contributed by atoms with E-state index in [1.807, 2.05) is 0 Å². The minimum atomic E-state index is 0.713. The van der Waals surface area contributed by atoms with Gasteiger partial charge in [-0.05, 0) is 25.7 Å². The Bertz CT molecular complexity index is 588. The zero-order valence-electron chi connectivity index (χ0n) is 13.6. The van der Waals surface area contributed by atoms with Crippen molar-refractivity contribution in [2.75, 3.05) is 6.54 Å². The molecule has 3 rings (SSSR count). The van der Waals surface area contributed by atoms with Crippen molar-refractivity contribution in [3.8, 4) is 11.3 Å². The quantitative estimate of drug-likeness (QED) is 0.855. The van der Waals surface area contributed by atoms with Crippen molar-refractivity contribution in [3.05, 3.63) is 40.2 Å². The lowest BCUT2D eigenvalue weighted by Crippen LogP contribution is -2.38. The number of nitrogens with zero attached hydrogens (tertiary/aromatic N) is 1. The van der Waals surface area contributed by atoms with Gasteiger partial charge >= 0.3 is 0 Å². The summed E-state index contributed by atoms with van der Waals surface area (Å²) in [5.74, 6) is 0.827. The van der Waals surface area contributed by atoms with Gasteiger partial charge in [-0.1, -0.05) is 49.6 Å². The van der Waals surface area contributed by atoms with Crippen LogP contribution in [0.5, 0.6) is 0 Å². The Kier molecular flexibility index (Phi) is 5.27. The van der Waals surface area contributed by atoms with E-state index in [1.54, 1.807) is 11.3 Å². The predicted octanol–water partition coefficient (Wildman–Crippen LogP) is 4.83. The summed E-state index contributed by atoms with van der Waals surface area (Å²) in [5, 5.41) is 7.17. The Morgan fingerprint density at radius 3 is 2.73 bits per heavy atom. The van der Waals surface area contributed by atoms with Crippen LogP contribution in [-0.2, 0) is 6.42 Å². The molecule has 0 saturated heterocycles. The van der Waals surface area contributed by atoms with Gasteiger partial charge in [0.25, 0.3) is 0 Å². The monoisotopic (exact) mass is 314 g/mol. The standard InChI is InChI=1S/C19H26N2S/c1-14-7-9-16(10-8-14)18-13-22-19(21-18)11-12-20-17-6-4-3-5-15(17)2/h7-10,13,15,17,20H,3-6,11-12H2,1-2H3. The van der Waals surface area contributed by atoms with E-state index < -0.39 is 0 Å². The van der Waals surface area contributed by atoms with Crippen LogP contribution in [0.3, 0.4) is 0 Å². The van der Waals surface area contributed by atoms with Crippen LogP contribution in [0, 0.1) is 12.8 Å². The summed E-state index contributed by atoms with van der Waals surface area (Å²) in [6.07, 6.45) is 6.56. The van der Waals surface area contributed by atoms with Gasteiger partial charge in [0.15, 0.2) is 0 Å². The summed E-state index contributed by atoms with van der Waals surface area (Å²) in [6.45, 7) is 5.56. The number of nitrogens with one attached hydrogen (secondary N) is 1. The van der Waals surface area contributed by atoms with Gasteiger partial charge < -0.3 is 5.32 Å². The zero-order chi connectivity index (χ0) is 15.4. The van der Waals surface area contributed by atoms with Crippen molar-refractivity contribution < 1.29 is 0 Å². The van der Waals surface area contributed by atoms with Crippen LogP contribution >= 0.6 is 11.3 Å². The van der Waals surface area contributed by atoms with Gasteiger partial charge in [0.1, 0.15) is 0 Å². The first-order valence-corrected chi connectivity index (χ1v) is 9.35. The number of thiazole rings is 1. The highest BCUT2D eigenvalue weighted by Gasteiger charge is 2.20. The highest BCUT2D eigenvalue weighted by atomic mass is 32.1. The lowest BCUT2D eigenvalue weighted by atomic mass is 9.86. The molecule has 3 heteroatoms. The molecule has 0 amide bonds. The Labute approximate surface area is 138 Å². The molecule has 1 aromatic heterocycles. The van der Waals surface area contributed by atoms with Crippen molar-refractivity contribution in [2.24, 2.45) is 5.92 Å². The molecular formula is C19H26N2S. The fourth-order valence-electron chi connectivity index (χ4n) is 3.27. The van der Waals surface area contributed by atoms with Crippen molar-refractivity contribution in [3.63, 3.8) is 0 Å². The molecule has 1 aliphatic rings. The smallest absolute Gasteiger partial charge is 0.0945 e. The van der Waals surface area contributed by atoms with E-state index in [9.17, 15) is 0 Å². The van der Waals surface area contributed by atoms with E-state index in [4.69, 9.17) is 4.98 Å². The highest BCUT2D eigenvalue weighted by Crippen LogP contribution is 2.24. The van der Waals surface area contributed by atoms with E-state index in [2.05, 4.69) is 48.8 Å². The molecule has 0 spiro atoms. The molecule has 0 bridgehead atoms. The lowest BCUT2D eigenvalue weighted by molar-refractivity contribution is 0.282. The third-order valence-corrected chi connectivity index (χ3v) is 5.66. The molecule has 2 unspecified atom stereocenters. The van der Waals surface area contributed by atoms with Crippen molar-refractivity contribution in [1.82, 2.24) is 10.3 Å². The van der Waals surface area contributed by atoms with Crippen molar-refractivity contribution in [1.29, 1.82) is 0 Å². The third-order valence-electron chi connectivity index (χ3n) is 4.76. The van der Waals surface area contributed by atoms with Crippen LogP contribution in [0.2, 0.25) is 0 Å². The van der Waals surface area contributed by atoms with E-state index in [0.29, 0.717) is 6.04 Å². The molecule has 1 N–H and O–H groups in total. The molecule has 118 valence electrons. The Balaban J connectivity index is 1.52. The van der Waals surface area contributed by atoms with Gasteiger partial charge in [0.2, 0.25) is 0 Å². The minimum Gasteiger partial charge on any atom is -0.313 e. The van der Waals surface area contributed by atoms with E-state index >= 15 is 0 Å². The average Bonchev–Trinajstić information content (AvgIpc) is 2.99. The van der Waals surface area contributed by atoms with Gasteiger partial charge in [-0.25, -0.2) is 4.98 Å². The number of hydrogen-bond acceptors (Lipinski definition) is 3. The Hall–Kier alpha value is -1.19. The van der Waals surface area contributed by atoms with Crippen LogP contribution in [-0.4, -0.2) is 17.6 Å². The number of benzene rings is 1. The third kappa shape index (κ3) is 3.96. The largest absolute Gasteiger partial charge is 0.313 e. The maximum atomic E-state index is 4.79. The summed E-state index contributed by atoms with van der Waals surface area (Å²) < 4.78 is 0. The fraction of sp³-hybridized carbons (Fsp3) is 0.526. The molecular weight excluding hydrogens is 288 g/mol. The molecule has 1 aromatic carbocycles. The molecule has 0 radical (unpaired) electrons. The summed E-state index contributed by atoms with van der Waals surface area (Å²) in [7, 11) is 0. The van der Waals surface area contributed by atoms with Gasteiger partial charge in [-0.15, -0.1) is 11.3 Å². The summed E-state index contributed by atoms with van der Waals surface area (Å²) >= 11 is 1.78. The molecule has 1 fully saturated rings. The van der Waals surface area contributed by atoms with Crippen LogP contribution < -0.4 is 5.32 Å². The first kappa shape index (κ1) is 15.7. The van der Waals surface area contributed by atoms with Crippen molar-refractivity contribution in [2.45, 2.75) is 52.0 Å². The van der Waals surface area contributed by atoms with Crippen LogP contribution in [0.4, 0.5) is 0 Å². The van der Waals surface area contributed by atoms with Gasteiger partial charge in [-0.3, -0.25) is 0 Å².